The zero-order valence-corrected chi connectivity index (χ0v) is 17.5. The van der Waals surface area contributed by atoms with E-state index in [1.54, 1.807) is 0 Å². The standard InChI is InChI=1S/C22H20N2O2S2/c1-13-6-8-16(9-7-13)18(26)12-28-22-17(11-23)21(19-5-4-10-27-19)20(15(3)25)14(2)24-22/h4-10,21,24H,12H2,1-3H3. The first-order chi connectivity index (χ1) is 13.4. The maximum absolute atomic E-state index is 12.5. The smallest absolute Gasteiger partial charge is 0.173 e. The highest BCUT2D eigenvalue weighted by Crippen LogP contribution is 2.42. The first-order valence-electron chi connectivity index (χ1n) is 8.81. The van der Waals surface area contributed by atoms with Gasteiger partial charge < -0.3 is 5.32 Å². The Morgan fingerprint density at radius 2 is 1.93 bits per heavy atom. The van der Waals surface area contributed by atoms with E-state index >= 15 is 0 Å². The Kier molecular flexibility index (Phi) is 6.18. The van der Waals surface area contributed by atoms with Crippen molar-refractivity contribution >= 4 is 34.7 Å². The van der Waals surface area contributed by atoms with E-state index < -0.39 is 0 Å². The summed E-state index contributed by atoms with van der Waals surface area (Å²) < 4.78 is 0. The number of thioether (sulfide) groups is 1. The van der Waals surface area contributed by atoms with Crippen LogP contribution in [0.4, 0.5) is 0 Å². The van der Waals surface area contributed by atoms with E-state index in [0.29, 0.717) is 21.7 Å². The first kappa shape index (κ1) is 20.1. The monoisotopic (exact) mass is 408 g/mol. The van der Waals surface area contributed by atoms with Crippen LogP contribution in [0.15, 0.2) is 63.7 Å². The molecule has 28 heavy (non-hydrogen) atoms. The normalized spacial score (nSPS) is 16.6. The molecule has 2 heterocycles. The molecule has 0 spiro atoms. The lowest BCUT2D eigenvalue weighted by atomic mass is 9.85. The average molecular weight is 409 g/mol. The summed E-state index contributed by atoms with van der Waals surface area (Å²) in [5.74, 6) is -0.226. The molecule has 0 fully saturated rings. The molecule has 1 aromatic carbocycles. The van der Waals surface area contributed by atoms with Gasteiger partial charge in [0.2, 0.25) is 0 Å². The summed E-state index contributed by atoms with van der Waals surface area (Å²) in [6.45, 7) is 5.34. The molecule has 3 rings (SSSR count). The molecule has 0 bridgehead atoms. The van der Waals surface area contributed by atoms with Gasteiger partial charge in [-0.2, -0.15) is 5.26 Å². The quantitative estimate of drug-likeness (QED) is 0.684. The number of carbonyl (C=O) groups is 2. The van der Waals surface area contributed by atoms with Crippen LogP contribution in [0.1, 0.15) is 40.6 Å². The van der Waals surface area contributed by atoms with Crippen LogP contribution < -0.4 is 5.32 Å². The van der Waals surface area contributed by atoms with Crippen LogP contribution >= 0.6 is 23.1 Å². The van der Waals surface area contributed by atoms with Gasteiger partial charge in [-0.1, -0.05) is 47.7 Å². The van der Waals surface area contributed by atoms with Crippen molar-refractivity contribution in [3.63, 3.8) is 0 Å². The lowest BCUT2D eigenvalue weighted by molar-refractivity contribution is -0.113. The number of nitrogens with zero attached hydrogens (tertiary/aromatic N) is 1. The van der Waals surface area contributed by atoms with E-state index in [4.69, 9.17) is 0 Å². The number of aryl methyl sites for hydroxylation is 1. The van der Waals surface area contributed by atoms with Gasteiger partial charge in [-0.25, -0.2) is 0 Å². The molecule has 0 amide bonds. The number of hydrogen-bond donors (Lipinski definition) is 1. The number of nitriles is 1. The number of allylic oxidation sites excluding steroid dienone is 3. The highest BCUT2D eigenvalue weighted by molar-refractivity contribution is 8.03. The Morgan fingerprint density at radius 3 is 2.50 bits per heavy atom. The van der Waals surface area contributed by atoms with Gasteiger partial charge in [0, 0.05) is 21.7 Å². The number of thiophene rings is 1. The van der Waals surface area contributed by atoms with Crippen molar-refractivity contribution in [2.24, 2.45) is 0 Å². The van der Waals surface area contributed by atoms with E-state index in [1.807, 2.05) is 55.6 Å². The fourth-order valence-corrected chi connectivity index (χ4v) is 5.02. The van der Waals surface area contributed by atoms with Crippen LogP contribution in [0.3, 0.4) is 0 Å². The van der Waals surface area contributed by atoms with Gasteiger partial charge in [0.25, 0.3) is 0 Å². The minimum atomic E-state index is -0.388. The van der Waals surface area contributed by atoms with Gasteiger partial charge in [-0.3, -0.25) is 9.59 Å². The number of benzene rings is 1. The summed E-state index contributed by atoms with van der Waals surface area (Å²) in [5.41, 5.74) is 3.58. The van der Waals surface area contributed by atoms with Crippen LogP contribution in [-0.2, 0) is 4.79 Å². The van der Waals surface area contributed by atoms with Crippen molar-refractivity contribution in [2.45, 2.75) is 26.7 Å². The molecular weight excluding hydrogens is 388 g/mol. The number of Topliss-reactive ketones (excluding diaryl/α,β-unsaturated/α-hetero) is 2. The number of rotatable bonds is 6. The summed E-state index contributed by atoms with van der Waals surface area (Å²) in [5, 5.41) is 15.6. The van der Waals surface area contributed by atoms with Gasteiger partial charge >= 0.3 is 0 Å². The van der Waals surface area contributed by atoms with E-state index in [0.717, 1.165) is 16.1 Å². The minimum Gasteiger partial charge on any atom is -0.353 e. The van der Waals surface area contributed by atoms with Crippen molar-refractivity contribution in [3.05, 3.63) is 79.7 Å². The largest absolute Gasteiger partial charge is 0.353 e. The summed E-state index contributed by atoms with van der Waals surface area (Å²) in [7, 11) is 0. The topological polar surface area (TPSA) is 70.0 Å². The molecule has 2 aromatic rings. The molecule has 1 aromatic heterocycles. The predicted molar refractivity (Wildman–Crippen MR) is 114 cm³/mol. The van der Waals surface area contributed by atoms with Gasteiger partial charge in [-0.05, 0) is 32.2 Å². The van der Waals surface area contributed by atoms with Crippen LogP contribution in [-0.4, -0.2) is 17.3 Å². The number of dihydropyridines is 1. The van der Waals surface area contributed by atoms with Gasteiger partial charge in [0.15, 0.2) is 11.6 Å². The molecule has 0 aliphatic carbocycles. The molecule has 0 radical (unpaired) electrons. The van der Waals surface area contributed by atoms with E-state index in [-0.39, 0.29) is 23.2 Å². The predicted octanol–water partition coefficient (Wildman–Crippen LogP) is 4.96. The molecular formula is C22H20N2O2S2. The second-order valence-corrected chi connectivity index (χ2v) is 8.57. The molecule has 0 saturated heterocycles. The van der Waals surface area contributed by atoms with Gasteiger partial charge in [-0.15, -0.1) is 11.3 Å². The maximum Gasteiger partial charge on any atom is 0.173 e. The summed E-state index contributed by atoms with van der Waals surface area (Å²) in [6.07, 6.45) is 0. The Hall–Kier alpha value is -2.62. The minimum absolute atomic E-state index is 0.00302. The molecule has 0 saturated carbocycles. The molecule has 1 atom stereocenters. The average Bonchev–Trinajstić information content (AvgIpc) is 3.20. The molecule has 142 valence electrons. The zero-order valence-electron chi connectivity index (χ0n) is 15.9. The van der Waals surface area contributed by atoms with Gasteiger partial charge in [0.05, 0.1) is 28.3 Å². The van der Waals surface area contributed by atoms with Crippen molar-refractivity contribution in [3.8, 4) is 6.07 Å². The van der Waals surface area contributed by atoms with E-state index in [1.165, 1.54) is 30.0 Å². The first-order valence-corrected chi connectivity index (χ1v) is 10.7. The van der Waals surface area contributed by atoms with Crippen molar-refractivity contribution < 1.29 is 9.59 Å². The molecule has 1 aliphatic heterocycles. The SMILES string of the molecule is CC(=O)C1=C(C)NC(SCC(=O)c2ccc(C)cc2)=C(C#N)C1c1cccs1. The number of ketones is 2. The van der Waals surface area contributed by atoms with Crippen molar-refractivity contribution in [1.82, 2.24) is 5.32 Å². The Labute approximate surface area is 173 Å². The Balaban J connectivity index is 1.90. The van der Waals surface area contributed by atoms with Crippen molar-refractivity contribution in [2.75, 3.05) is 5.75 Å². The third-order valence-electron chi connectivity index (χ3n) is 4.58. The number of nitrogens with one attached hydrogen (secondary N) is 1. The maximum atomic E-state index is 12.5. The molecule has 4 nitrogen and oxygen atoms in total. The van der Waals surface area contributed by atoms with Crippen LogP contribution in [0.2, 0.25) is 0 Å². The van der Waals surface area contributed by atoms with E-state index in [2.05, 4.69) is 11.4 Å². The zero-order chi connectivity index (χ0) is 20.3. The molecule has 1 unspecified atom stereocenters. The highest BCUT2D eigenvalue weighted by atomic mass is 32.2. The number of hydrogen-bond acceptors (Lipinski definition) is 6. The van der Waals surface area contributed by atoms with Crippen LogP contribution in [0, 0.1) is 18.3 Å². The Bertz CT molecular complexity index is 1010. The second-order valence-electron chi connectivity index (χ2n) is 6.60. The van der Waals surface area contributed by atoms with Crippen LogP contribution in [0.5, 0.6) is 0 Å². The fourth-order valence-electron chi connectivity index (χ4n) is 3.19. The molecule has 1 N–H and O–H groups in total. The van der Waals surface area contributed by atoms with E-state index in [9.17, 15) is 14.9 Å². The second kappa shape index (κ2) is 8.59. The molecule has 6 heteroatoms. The summed E-state index contributed by atoms with van der Waals surface area (Å²) >= 11 is 2.83. The van der Waals surface area contributed by atoms with Crippen LogP contribution in [0.25, 0.3) is 0 Å². The number of carbonyl (C=O) groups excluding carboxylic acids is 2. The highest BCUT2D eigenvalue weighted by Gasteiger charge is 2.33. The fraction of sp³-hybridized carbons (Fsp3) is 0.227. The van der Waals surface area contributed by atoms with Crippen molar-refractivity contribution in [1.29, 1.82) is 5.26 Å². The lowest BCUT2D eigenvalue weighted by Gasteiger charge is -2.28. The van der Waals surface area contributed by atoms with Gasteiger partial charge in [0.1, 0.15) is 0 Å². The third kappa shape index (κ3) is 4.11. The Morgan fingerprint density at radius 1 is 1.21 bits per heavy atom. The lowest BCUT2D eigenvalue weighted by Crippen LogP contribution is -2.27. The molecule has 1 aliphatic rings. The summed E-state index contributed by atoms with van der Waals surface area (Å²) in [6, 6.07) is 13.6. The summed E-state index contributed by atoms with van der Waals surface area (Å²) in [4.78, 5) is 25.8. The third-order valence-corrected chi connectivity index (χ3v) is 6.53.